The lowest BCUT2D eigenvalue weighted by atomic mass is 9.63. The molecule has 1 nitrogen and oxygen atoms in total. The maximum absolute atomic E-state index is 14.0. The van der Waals surface area contributed by atoms with Crippen LogP contribution in [0, 0.1) is 23.6 Å². The van der Waals surface area contributed by atoms with Crippen LogP contribution in [0.5, 0.6) is 5.75 Å². The first kappa shape index (κ1) is 20.2. The SMILES string of the molecule is CC=CCC[C@@H]1CC[C@@H]2CC(c3ccc(OC(F)(F)F)c(F)c3)CC[C@@H]2C1. The van der Waals surface area contributed by atoms with E-state index >= 15 is 0 Å². The van der Waals surface area contributed by atoms with Crippen LogP contribution in [0.2, 0.25) is 0 Å². The van der Waals surface area contributed by atoms with E-state index in [9.17, 15) is 17.6 Å². The zero-order valence-electron chi connectivity index (χ0n) is 15.8. The molecule has 2 aliphatic rings. The summed E-state index contributed by atoms with van der Waals surface area (Å²) >= 11 is 0. The van der Waals surface area contributed by atoms with Crippen molar-refractivity contribution in [2.24, 2.45) is 17.8 Å². The summed E-state index contributed by atoms with van der Waals surface area (Å²) in [5, 5.41) is 0. The molecule has 0 heterocycles. The summed E-state index contributed by atoms with van der Waals surface area (Å²) in [4.78, 5) is 0. The van der Waals surface area contributed by atoms with Gasteiger partial charge in [-0.1, -0.05) is 24.6 Å². The van der Waals surface area contributed by atoms with Gasteiger partial charge in [-0.05, 0) is 93.2 Å². The largest absolute Gasteiger partial charge is 0.573 e. The Kier molecular flexibility index (Phi) is 6.48. The van der Waals surface area contributed by atoms with Gasteiger partial charge in [0.15, 0.2) is 11.6 Å². The Hall–Kier alpha value is -1.52. The van der Waals surface area contributed by atoms with E-state index in [0.29, 0.717) is 5.92 Å². The third-order valence-corrected chi connectivity index (χ3v) is 6.35. The summed E-state index contributed by atoms with van der Waals surface area (Å²) in [6, 6.07) is 3.94. The number of halogens is 4. The molecule has 2 saturated carbocycles. The van der Waals surface area contributed by atoms with E-state index in [2.05, 4.69) is 23.8 Å². The normalized spacial score (nSPS) is 28.9. The average molecular weight is 384 g/mol. The molecule has 0 N–H and O–H groups in total. The van der Waals surface area contributed by atoms with Gasteiger partial charge in [-0.3, -0.25) is 0 Å². The molecule has 0 saturated heterocycles. The molecular formula is C22H28F4O. The Morgan fingerprint density at radius 3 is 2.52 bits per heavy atom. The summed E-state index contributed by atoms with van der Waals surface area (Å²) in [5.74, 6) is 0.788. The Bertz CT molecular complexity index is 652. The minimum atomic E-state index is -4.87. The van der Waals surface area contributed by atoms with Gasteiger partial charge in [0.1, 0.15) is 0 Å². The maximum Gasteiger partial charge on any atom is 0.573 e. The van der Waals surface area contributed by atoms with Crippen molar-refractivity contribution >= 4 is 0 Å². The summed E-state index contributed by atoms with van der Waals surface area (Å²) < 4.78 is 54.7. The minimum absolute atomic E-state index is 0.236. The van der Waals surface area contributed by atoms with Crippen molar-refractivity contribution in [2.75, 3.05) is 0 Å². The quantitative estimate of drug-likeness (QED) is 0.380. The highest BCUT2D eigenvalue weighted by Crippen LogP contribution is 2.48. The fraction of sp³-hybridized carbons (Fsp3) is 0.636. The lowest BCUT2D eigenvalue weighted by Gasteiger charge is -2.42. The molecule has 5 heteroatoms. The Labute approximate surface area is 158 Å². The van der Waals surface area contributed by atoms with Crippen molar-refractivity contribution in [2.45, 2.75) is 70.6 Å². The van der Waals surface area contributed by atoms with Crippen molar-refractivity contribution in [3.8, 4) is 5.75 Å². The molecule has 0 bridgehead atoms. The molecule has 0 spiro atoms. The smallest absolute Gasteiger partial charge is 0.403 e. The van der Waals surface area contributed by atoms with E-state index in [4.69, 9.17) is 0 Å². The molecule has 0 aromatic heterocycles. The molecule has 0 radical (unpaired) electrons. The minimum Gasteiger partial charge on any atom is -0.403 e. The fourth-order valence-electron chi connectivity index (χ4n) is 5.03. The van der Waals surface area contributed by atoms with Gasteiger partial charge < -0.3 is 4.74 Å². The molecule has 150 valence electrons. The van der Waals surface area contributed by atoms with Crippen LogP contribution in [0.1, 0.15) is 69.8 Å². The number of allylic oxidation sites excluding steroid dienone is 2. The second kappa shape index (κ2) is 8.66. The first-order chi connectivity index (χ1) is 12.9. The predicted octanol–water partition coefficient (Wildman–Crippen LogP) is 7.38. The third-order valence-electron chi connectivity index (χ3n) is 6.35. The van der Waals surface area contributed by atoms with Gasteiger partial charge >= 0.3 is 6.36 Å². The van der Waals surface area contributed by atoms with Crippen LogP contribution in [0.15, 0.2) is 30.4 Å². The lowest BCUT2D eigenvalue weighted by Crippen LogP contribution is -2.30. The van der Waals surface area contributed by atoms with E-state index in [1.807, 2.05) is 0 Å². The van der Waals surface area contributed by atoms with Crippen LogP contribution in [0.3, 0.4) is 0 Å². The highest BCUT2D eigenvalue weighted by atomic mass is 19.4. The topological polar surface area (TPSA) is 9.23 Å². The highest BCUT2D eigenvalue weighted by molar-refractivity contribution is 5.32. The number of fused-ring (bicyclic) bond motifs is 1. The lowest BCUT2D eigenvalue weighted by molar-refractivity contribution is -0.275. The van der Waals surface area contributed by atoms with Gasteiger partial charge in [0.2, 0.25) is 0 Å². The summed E-state index contributed by atoms with van der Waals surface area (Å²) in [6.45, 7) is 2.06. The second-order valence-electron chi connectivity index (χ2n) is 8.09. The second-order valence-corrected chi connectivity index (χ2v) is 8.09. The molecular weight excluding hydrogens is 356 g/mol. The summed E-state index contributed by atoms with van der Waals surface area (Å²) in [7, 11) is 0. The van der Waals surface area contributed by atoms with Crippen molar-refractivity contribution < 1.29 is 22.3 Å². The van der Waals surface area contributed by atoms with Crippen molar-refractivity contribution in [1.82, 2.24) is 0 Å². The van der Waals surface area contributed by atoms with E-state index in [1.165, 1.54) is 31.7 Å². The van der Waals surface area contributed by atoms with Gasteiger partial charge in [-0.15, -0.1) is 13.2 Å². The molecule has 1 aromatic carbocycles. The Balaban J connectivity index is 1.58. The number of alkyl halides is 3. The van der Waals surface area contributed by atoms with Gasteiger partial charge in [0.05, 0.1) is 0 Å². The van der Waals surface area contributed by atoms with Crippen molar-refractivity contribution in [3.63, 3.8) is 0 Å². The zero-order valence-corrected chi connectivity index (χ0v) is 15.8. The van der Waals surface area contributed by atoms with E-state index in [0.717, 1.165) is 49.1 Å². The number of hydrogen-bond donors (Lipinski definition) is 0. The Morgan fingerprint density at radius 2 is 1.81 bits per heavy atom. The fourth-order valence-corrected chi connectivity index (χ4v) is 5.03. The van der Waals surface area contributed by atoms with E-state index in [1.54, 1.807) is 6.07 Å². The van der Waals surface area contributed by atoms with E-state index < -0.39 is 17.9 Å². The van der Waals surface area contributed by atoms with Gasteiger partial charge in [0.25, 0.3) is 0 Å². The number of ether oxygens (including phenoxy) is 1. The number of hydrogen-bond acceptors (Lipinski definition) is 1. The van der Waals surface area contributed by atoms with Gasteiger partial charge in [-0.2, -0.15) is 0 Å². The third kappa shape index (κ3) is 5.49. The molecule has 4 atom stereocenters. The van der Waals surface area contributed by atoms with Gasteiger partial charge in [-0.25, -0.2) is 4.39 Å². The molecule has 3 rings (SSSR count). The Morgan fingerprint density at radius 1 is 1.07 bits per heavy atom. The molecule has 1 aromatic rings. The van der Waals surface area contributed by atoms with Crippen LogP contribution in [-0.4, -0.2) is 6.36 Å². The van der Waals surface area contributed by atoms with Crippen LogP contribution in [0.4, 0.5) is 17.6 Å². The first-order valence-electron chi connectivity index (χ1n) is 10.0. The molecule has 1 unspecified atom stereocenters. The summed E-state index contributed by atoms with van der Waals surface area (Å²) in [6.07, 6.45) is 8.83. The van der Waals surface area contributed by atoms with E-state index in [-0.39, 0.29) is 5.92 Å². The average Bonchev–Trinajstić information content (AvgIpc) is 2.62. The number of benzene rings is 1. The predicted molar refractivity (Wildman–Crippen MR) is 98.0 cm³/mol. The van der Waals surface area contributed by atoms with Gasteiger partial charge in [0, 0.05) is 0 Å². The van der Waals surface area contributed by atoms with Crippen molar-refractivity contribution in [1.29, 1.82) is 0 Å². The molecule has 2 fully saturated rings. The highest BCUT2D eigenvalue weighted by Gasteiger charge is 2.36. The van der Waals surface area contributed by atoms with Crippen LogP contribution < -0.4 is 4.74 Å². The summed E-state index contributed by atoms with van der Waals surface area (Å²) in [5.41, 5.74) is 0.802. The first-order valence-corrected chi connectivity index (χ1v) is 10.0. The van der Waals surface area contributed by atoms with Crippen molar-refractivity contribution in [3.05, 3.63) is 41.7 Å². The van der Waals surface area contributed by atoms with Crippen LogP contribution in [-0.2, 0) is 0 Å². The number of rotatable bonds is 5. The monoisotopic (exact) mass is 384 g/mol. The van der Waals surface area contributed by atoms with Crippen LogP contribution >= 0.6 is 0 Å². The molecule has 0 amide bonds. The maximum atomic E-state index is 14.0. The standard InChI is InChI=1S/C22H28F4O/c1-2-3-4-5-15-6-7-17-13-18(9-8-16(17)12-15)19-10-11-21(20(23)14-19)27-22(24,25)26/h2-3,10-11,14-18H,4-9,12-13H2,1H3/t15-,16-,17-,18?/m1/s1. The van der Waals surface area contributed by atoms with Crippen LogP contribution in [0.25, 0.3) is 0 Å². The zero-order chi connectivity index (χ0) is 19.4. The molecule has 27 heavy (non-hydrogen) atoms. The molecule has 0 aliphatic heterocycles. The molecule has 2 aliphatic carbocycles.